The van der Waals surface area contributed by atoms with Crippen molar-refractivity contribution < 1.29 is 9.59 Å². The zero-order valence-corrected chi connectivity index (χ0v) is 14.4. The third kappa shape index (κ3) is 2.71. The number of aryl methyl sites for hydroxylation is 1. The van der Waals surface area contributed by atoms with Crippen LogP contribution in [0.4, 0.5) is 5.69 Å². The van der Waals surface area contributed by atoms with Gasteiger partial charge in [0.1, 0.15) is 6.04 Å². The number of nitrogens with one attached hydrogen (secondary N) is 1. The maximum Gasteiger partial charge on any atom is 0.259 e. The monoisotopic (exact) mass is 349 g/mol. The third-order valence-electron chi connectivity index (χ3n) is 4.69. The van der Waals surface area contributed by atoms with Gasteiger partial charge in [0.15, 0.2) is 0 Å². The molecule has 0 bridgehead atoms. The second kappa shape index (κ2) is 6.59. The summed E-state index contributed by atoms with van der Waals surface area (Å²) in [5.74, 6) is -0.288. The van der Waals surface area contributed by atoms with Gasteiger partial charge < -0.3 is 5.32 Å². The van der Waals surface area contributed by atoms with E-state index in [0.717, 1.165) is 22.9 Å². The third-order valence-corrected chi connectivity index (χ3v) is 4.69. The van der Waals surface area contributed by atoms with Crippen LogP contribution in [-0.4, -0.2) is 39.4 Å². The number of aromatic nitrogens is 3. The Morgan fingerprint density at radius 1 is 1.23 bits per heavy atom. The smallest absolute Gasteiger partial charge is 0.259 e. The number of rotatable bonds is 6. The summed E-state index contributed by atoms with van der Waals surface area (Å²) < 4.78 is 1.72. The highest BCUT2D eigenvalue weighted by molar-refractivity contribution is 6.26. The molecule has 1 aliphatic heterocycles. The van der Waals surface area contributed by atoms with Gasteiger partial charge in [-0.25, -0.2) is 0 Å². The van der Waals surface area contributed by atoms with Crippen LogP contribution in [0.2, 0.25) is 0 Å². The Kier molecular flexibility index (Phi) is 4.12. The van der Waals surface area contributed by atoms with Gasteiger partial charge in [0.25, 0.3) is 5.91 Å². The van der Waals surface area contributed by atoms with E-state index in [1.807, 2.05) is 36.4 Å². The lowest BCUT2D eigenvalue weighted by molar-refractivity contribution is -0.121. The summed E-state index contributed by atoms with van der Waals surface area (Å²) in [7, 11) is 0. The Balaban J connectivity index is 1.45. The standard InChI is InChI=1S/C19H19N5O2/c1-13(18(25)20-9-4-11-23-12-10-21-22-23)24-16-8-3-6-14-5-2-7-15(17(14)16)19(24)26/h2-3,5-8,10,12-13H,4,9,11H2,1H3,(H,20,25)/t13-/m1/s1. The molecule has 132 valence electrons. The molecule has 1 atom stereocenters. The summed E-state index contributed by atoms with van der Waals surface area (Å²) in [6.07, 6.45) is 4.15. The van der Waals surface area contributed by atoms with E-state index in [1.54, 1.807) is 28.9 Å². The van der Waals surface area contributed by atoms with Crippen molar-refractivity contribution >= 4 is 28.3 Å². The van der Waals surface area contributed by atoms with Crippen LogP contribution >= 0.6 is 0 Å². The Bertz CT molecular complexity index is 962. The van der Waals surface area contributed by atoms with Crippen LogP contribution in [0.5, 0.6) is 0 Å². The summed E-state index contributed by atoms with van der Waals surface area (Å²) >= 11 is 0. The first kappa shape index (κ1) is 16.3. The van der Waals surface area contributed by atoms with Gasteiger partial charge >= 0.3 is 0 Å². The highest BCUT2D eigenvalue weighted by Crippen LogP contribution is 2.38. The number of carbonyl (C=O) groups is 2. The van der Waals surface area contributed by atoms with Gasteiger partial charge in [-0.1, -0.05) is 29.5 Å². The predicted molar refractivity (Wildman–Crippen MR) is 97.9 cm³/mol. The molecule has 0 fully saturated rings. The maximum absolute atomic E-state index is 12.8. The van der Waals surface area contributed by atoms with E-state index in [9.17, 15) is 9.59 Å². The summed E-state index contributed by atoms with van der Waals surface area (Å²) in [5.41, 5.74) is 1.46. The zero-order valence-electron chi connectivity index (χ0n) is 14.4. The largest absolute Gasteiger partial charge is 0.354 e. The van der Waals surface area contributed by atoms with Crippen molar-refractivity contribution in [3.8, 4) is 0 Å². The van der Waals surface area contributed by atoms with Gasteiger partial charge in [-0.2, -0.15) is 0 Å². The first-order valence-corrected chi connectivity index (χ1v) is 8.64. The minimum absolute atomic E-state index is 0.123. The van der Waals surface area contributed by atoms with Gasteiger partial charge in [-0.05, 0) is 30.9 Å². The summed E-state index contributed by atoms with van der Waals surface area (Å²) in [5, 5.41) is 12.5. The fraction of sp³-hybridized carbons (Fsp3) is 0.263. The van der Waals surface area contributed by atoms with Crippen molar-refractivity contribution in [2.75, 3.05) is 11.4 Å². The molecule has 3 aromatic rings. The molecule has 1 aliphatic rings. The van der Waals surface area contributed by atoms with Crippen LogP contribution < -0.4 is 10.2 Å². The fourth-order valence-electron chi connectivity index (χ4n) is 3.39. The van der Waals surface area contributed by atoms with Crippen molar-refractivity contribution in [1.82, 2.24) is 20.3 Å². The first-order chi connectivity index (χ1) is 12.7. The fourth-order valence-corrected chi connectivity index (χ4v) is 3.39. The van der Waals surface area contributed by atoms with Gasteiger partial charge in [-0.15, -0.1) is 5.10 Å². The maximum atomic E-state index is 12.8. The zero-order chi connectivity index (χ0) is 18.1. The van der Waals surface area contributed by atoms with Gasteiger partial charge in [-0.3, -0.25) is 19.2 Å². The molecule has 2 amide bonds. The second-order valence-corrected chi connectivity index (χ2v) is 6.34. The van der Waals surface area contributed by atoms with E-state index >= 15 is 0 Å². The van der Waals surface area contributed by atoms with Crippen LogP contribution in [0, 0.1) is 0 Å². The molecular formula is C19H19N5O2. The number of carbonyl (C=O) groups excluding carboxylic acids is 2. The number of benzene rings is 2. The SMILES string of the molecule is C[C@H](C(=O)NCCCn1ccnn1)N1C(=O)c2cccc3cccc1c23. The number of amides is 2. The van der Waals surface area contributed by atoms with Crippen LogP contribution in [0.3, 0.4) is 0 Å². The molecule has 0 spiro atoms. The predicted octanol–water partition coefficient (Wildman–Crippen LogP) is 1.99. The molecule has 4 rings (SSSR count). The van der Waals surface area contributed by atoms with Gasteiger partial charge in [0, 0.05) is 30.2 Å². The molecule has 26 heavy (non-hydrogen) atoms. The summed E-state index contributed by atoms with van der Waals surface area (Å²) in [4.78, 5) is 27.0. The van der Waals surface area contributed by atoms with Crippen molar-refractivity contribution in [3.63, 3.8) is 0 Å². The molecule has 7 heteroatoms. The lowest BCUT2D eigenvalue weighted by Gasteiger charge is -2.24. The van der Waals surface area contributed by atoms with E-state index in [0.29, 0.717) is 18.7 Å². The van der Waals surface area contributed by atoms with Crippen LogP contribution in [0.25, 0.3) is 10.8 Å². The molecule has 0 saturated carbocycles. The molecule has 0 saturated heterocycles. The molecule has 2 aromatic carbocycles. The Morgan fingerprint density at radius 3 is 2.81 bits per heavy atom. The molecule has 1 aromatic heterocycles. The lowest BCUT2D eigenvalue weighted by Crippen LogP contribution is -2.47. The molecule has 2 heterocycles. The van der Waals surface area contributed by atoms with E-state index in [-0.39, 0.29) is 11.8 Å². The minimum Gasteiger partial charge on any atom is -0.354 e. The normalized spacial score (nSPS) is 14.0. The molecule has 1 N–H and O–H groups in total. The Hall–Kier alpha value is -3.22. The van der Waals surface area contributed by atoms with Crippen molar-refractivity contribution in [3.05, 3.63) is 54.4 Å². The number of hydrogen-bond donors (Lipinski definition) is 1. The van der Waals surface area contributed by atoms with E-state index < -0.39 is 6.04 Å². The minimum atomic E-state index is -0.577. The van der Waals surface area contributed by atoms with Crippen LogP contribution in [-0.2, 0) is 11.3 Å². The van der Waals surface area contributed by atoms with Gasteiger partial charge in [0.2, 0.25) is 5.91 Å². The van der Waals surface area contributed by atoms with Crippen LogP contribution in [0.1, 0.15) is 23.7 Å². The summed E-state index contributed by atoms with van der Waals surface area (Å²) in [6.45, 7) is 2.96. The molecule has 0 aliphatic carbocycles. The quantitative estimate of drug-likeness (QED) is 0.690. The van der Waals surface area contributed by atoms with Crippen molar-refractivity contribution in [1.29, 1.82) is 0 Å². The highest BCUT2D eigenvalue weighted by Gasteiger charge is 2.35. The highest BCUT2D eigenvalue weighted by atomic mass is 16.2. The van der Waals surface area contributed by atoms with Gasteiger partial charge in [0.05, 0.1) is 11.9 Å². The Labute approximate surface area is 150 Å². The van der Waals surface area contributed by atoms with Crippen molar-refractivity contribution in [2.45, 2.75) is 25.9 Å². The Morgan fingerprint density at radius 2 is 2.04 bits per heavy atom. The van der Waals surface area contributed by atoms with E-state index in [2.05, 4.69) is 15.6 Å². The van der Waals surface area contributed by atoms with Crippen LogP contribution in [0.15, 0.2) is 48.8 Å². The van der Waals surface area contributed by atoms with Crippen molar-refractivity contribution in [2.24, 2.45) is 0 Å². The second-order valence-electron chi connectivity index (χ2n) is 6.34. The lowest BCUT2D eigenvalue weighted by atomic mass is 10.1. The average Bonchev–Trinajstić information content (AvgIpc) is 3.27. The number of anilines is 1. The summed E-state index contributed by atoms with van der Waals surface area (Å²) in [6, 6.07) is 10.9. The van der Waals surface area contributed by atoms with E-state index in [1.165, 1.54) is 0 Å². The first-order valence-electron chi connectivity index (χ1n) is 8.64. The molecule has 0 radical (unpaired) electrons. The van der Waals surface area contributed by atoms with E-state index in [4.69, 9.17) is 0 Å². The molecule has 7 nitrogen and oxygen atoms in total. The topological polar surface area (TPSA) is 80.1 Å². The number of nitrogens with zero attached hydrogens (tertiary/aromatic N) is 4. The average molecular weight is 349 g/mol. The number of hydrogen-bond acceptors (Lipinski definition) is 4. The molecule has 0 unspecified atom stereocenters. The molecular weight excluding hydrogens is 330 g/mol.